The summed E-state index contributed by atoms with van der Waals surface area (Å²) in [6.07, 6.45) is 0.712. The maximum absolute atomic E-state index is 12.2. The number of hydrogen-bond donors (Lipinski definition) is 1. The summed E-state index contributed by atoms with van der Waals surface area (Å²) in [7, 11) is 0. The Morgan fingerprint density at radius 2 is 1.90 bits per heavy atom. The van der Waals surface area contributed by atoms with Gasteiger partial charge in [-0.2, -0.15) is 0 Å². The number of hydrogen-bond acceptors (Lipinski definition) is 3. The number of carbonyl (C=O) groups is 2. The summed E-state index contributed by atoms with van der Waals surface area (Å²) in [5, 5.41) is 2.85. The van der Waals surface area contributed by atoms with Gasteiger partial charge in [0, 0.05) is 6.54 Å². The number of nitrogens with one attached hydrogen (secondary N) is 1. The molecule has 1 aromatic carbocycles. The van der Waals surface area contributed by atoms with Crippen LogP contribution in [0.25, 0.3) is 0 Å². The topological polar surface area (TPSA) is 49.4 Å². The molecule has 4 nitrogen and oxygen atoms in total. The SMILES string of the molecule is CC(C)CC1NC(=O)CN(Cc2ccccc2)CC1=O. The lowest BCUT2D eigenvalue weighted by Gasteiger charge is -2.18. The van der Waals surface area contributed by atoms with Gasteiger partial charge in [-0.05, 0) is 17.9 Å². The second kappa shape index (κ2) is 6.66. The number of Topliss-reactive ketones (excluding diaryl/α,β-unsaturated/α-hetero) is 1. The molecule has 4 heteroatoms. The lowest BCUT2D eigenvalue weighted by Crippen LogP contribution is -2.40. The molecular weight excluding hydrogens is 252 g/mol. The molecule has 1 saturated heterocycles. The van der Waals surface area contributed by atoms with Crippen molar-refractivity contribution in [2.75, 3.05) is 13.1 Å². The molecule has 0 aromatic heterocycles. The Morgan fingerprint density at radius 1 is 1.20 bits per heavy atom. The monoisotopic (exact) mass is 274 g/mol. The van der Waals surface area contributed by atoms with Crippen molar-refractivity contribution in [1.82, 2.24) is 10.2 Å². The van der Waals surface area contributed by atoms with Gasteiger partial charge < -0.3 is 5.32 Å². The molecule has 0 saturated carbocycles. The van der Waals surface area contributed by atoms with Crippen molar-refractivity contribution in [2.45, 2.75) is 32.9 Å². The number of rotatable bonds is 4. The van der Waals surface area contributed by atoms with Gasteiger partial charge in [0.05, 0.1) is 19.1 Å². The molecule has 2 rings (SSSR count). The minimum atomic E-state index is -0.330. The molecule has 0 aliphatic carbocycles. The highest BCUT2D eigenvalue weighted by Crippen LogP contribution is 2.11. The Morgan fingerprint density at radius 3 is 2.55 bits per heavy atom. The average Bonchev–Trinajstić information content (AvgIpc) is 2.49. The first-order valence-electron chi connectivity index (χ1n) is 7.13. The summed E-state index contributed by atoms with van der Waals surface area (Å²) in [5.41, 5.74) is 1.12. The Hall–Kier alpha value is -1.68. The van der Waals surface area contributed by atoms with E-state index in [4.69, 9.17) is 0 Å². The lowest BCUT2D eigenvalue weighted by molar-refractivity contribution is -0.125. The summed E-state index contributed by atoms with van der Waals surface area (Å²) < 4.78 is 0. The van der Waals surface area contributed by atoms with Crippen LogP contribution in [0.2, 0.25) is 0 Å². The highest BCUT2D eigenvalue weighted by molar-refractivity contribution is 5.93. The fourth-order valence-corrected chi connectivity index (χ4v) is 2.53. The van der Waals surface area contributed by atoms with Gasteiger partial charge >= 0.3 is 0 Å². The van der Waals surface area contributed by atoms with Crippen LogP contribution >= 0.6 is 0 Å². The standard InChI is InChI=1S/C16H22N2O2/c1-12(2)8-14-15(19)10-18(11-16(20)17-14)9-13-6-4-3-5-7-13/h3-7,12,14H,8-11H2,1-2H3,(H,17,20). The predicted molar refractivity (Wildman–Crippen MR) is 78.1 cm³/mol. The molecule has 1 N–H and O–H groups in total. The molecule has 20 heavy (non-hydrogen) atoms. The molecule has 1 aliphatic rings. The van der Waals surface area contributed by atoms with E-state index in [9.17, 15) is 9.59 Å². The fourth-order valence-electron chi connectivity index (χ4n) is 2.53. The van der Waals surface area contributed by atoms with Crippen LogP contribution in [-0.2, 0) is 16.1 Å². The number of amides is 1. The lowest BCUT2D eigenvalue weighted by atomic mass is 10.0. The van der Waals surface area contributed by atoms with E-state index < -0.39 is 0 Å². The van der Waals surface area contributed by atoms with Crippen molar-refractivity contribution in [2.24, 2.45) is 5.92 Å². The van der Waals surface area contributed by atoms with Crippen molar-refractivity contribution < 1.29 is 9.59 Å². The fraction of sp³-hybridized carbons (Fsp3) is 0.500. The van der Waals surface area contributed by atoms with E-state index in [0.717, 1.165) is 5.56 Å². The minimum Gasteiger partial charge on any atom is -0.345 e. The molecule has 0 radical (unpaired) electrons. The van der Waals surface area contributed by atoms with Crippen LogP contribution in [0.3, 0.4) is 0 Å². The maximum Gasteiger partial charge on any atom is 0.234 e. The third-order valence-corrected chi connectivity index (χ3v) is 3.43. The average molecular weight is 274 g/mol. The molecule has 108 valence electrons. The van der Waals surface area contributed by atoms with Gasteiger partial charge in [-0.3, -0.25) is 14.5 Å². The van der Waals surface area contributed by atoms with Gasteiger partial charge in [-0.1, -0.05) is 44.2 Å². The van der Waals surface area contributed by atoms with E-state index in [0.29, 0.717) is 25.4 Å². The van der Waals surface area contributed by atoms with E-state index in [2.05, 4.69) is 19.2 Å². The van der Waals surface area contributed by atoms with Crippen molar-refractivity contribution in [3.8, 4) is 0 Å². The van der Waals surface area contributed by atoms with Crippen LogP contribution < -0.4 is 5.32 Å². The third-order valence-electron chi connectivity index (χ3n) is 3.43. The summed E-state index contributed by atoms with van der Waals surface area (Å²) >= 11 is 0. The Balaban J connectivity index is 2.03. The van der Waals surface area contributed by atoms with E-state index >= 15 is 0 Å². The van der Waals surface area contributed by atoms with Crippen LogP contribution in [0.1, 0.15) is 25.8 Å². The Bertz CT molecular complexity index is 471. The number of nitrogens with zero attached hydrogens (tertiary/aromatic N) is 1. The summed E-state index contributed by atoms with van der Waals surface area (Å²) in [6, 6.07) is 9.59. The summed E-state index contributed by atoms with van der Waals surface area (Å²) in [5.74, 6) is 0.447. The Labute approximate surface area is 120 Å². The zero-order chi connectivity index (χ0) is 14.5. The van der Waals surface area contributed by atoms with Crippen LogP contribution in [0.15, 0.2) is 30.3 Å². The molecule has 1 aliphatic heterocycles. The third kappa shape index (κ3) is 4.17. The highest BCUT2D eigenvalue weighted by Gasteiger charge is 2.28. The predicted octanol–water partition coefficient (Wildman–Crippen LogP) is 1.60. The van der Waals surface area contributed by atoms with Crippen molar-refractivity contribution in [3.05, 3.63) is 35.9 Å². The Kier molecular flexibility index (Phi) is 4.90. The largest absolute Gasteiger partial charge is 0.345 e. The molecule has 1 fully saturated rings. The molecule has 0 spiro atoms. The summed E-state index contributed by atoms with van der Waals surface area (Å²) in [4.78, 5) is 26.1. The minimum absolute atomic E-state index is 0.0579. The van der Waals surface area contributed by atoms with Crippen molar-refractivity contribution in [3.63, 3.8) is 0 Å². The number of benzene rings is 1. The molecular formula is C16H22N2O2. The zero-order valence-electron chi connectivity index (χ0n) is 12.1. The van der Waals surface area contributed by atoms with Crippen LogP contribution in [-0.4, -0.2) is 35.7 Å². The second-order valence-electron chi connectivity index (χ2n) is 5.85. The first-order valence-corrected chi connectivity index (χ1v) is 7.13. The van der Waals surface area contributed by atoms with Crippen molar-refractivity contribution in [1.29, 1.82) is 0 Å². The van der Waals surface area contributed by atoms with Crippen LogP contribution in [0.4, 0.5) is 0 Å². The maximum atomic E-state index is 12.2. The zero-order valence-corrected chi connectivity index (χ0v) is 12.1. The van der Waals surface area contributed by atoms with Gasteiger partial charge in [-0.25, -0.2) is 0 Å². The molecule has 1 atom stereocenters. The smallest absolute Gasteiger partial charge is 0.234 e. The molecule has 0 bridgehead atoms. The first kappa shape index (κ1) is 14.7. The van der Waals surface area contributed by atoms with E-state index in [1.165, 1.54) is 0 Å². The molecule has 1 unspecified atom stereocenters. The van der Waals surface area contributed by atoms with Crippen LogP contribution in [0, 0.1) is 5.92 Å². The van der Waals surface area contributed by atoms with E-state index in [1.807, 2.05) is 35.2 Å². The molecule has 1 heterocycles. The number of ketones is 1. The van der Waals surface area contributed by atoms with Gasteiger partial charge in [0.1, 0.15) is 0 Å². The molecule has 1 aromatic rings. The number of carbonyl (C=O) groups excluding carboxylic acids is 2. The van der Waals surface area contributed by atoms with Crippen LogP contribution in [0.5, 0.6) is 0 Å². The van der Waals surface area contributed by atoms with Gasteiger partial charge in [0.2, 0.25) is 5.91 Å². The van der Waals surface area contributed by atoms with Gasteiger partial charge in [0.25, 0.3) is 0 Å². The van der Waals surface area contributed by atoms with E-state index in [-0.39, 0.29) is 24.3 Å². The molecule has 1 amide bonds. The van der Waals surface area contributed by atoms with Gasteiger partial charge in [-0.15, -0.1) is 0 Å². The normalized spacial score (nSPS) is 20.9. The van der Waals surface area contributed by atoms with Crippen molar-refractivity contribution >= 4 is 11.7 Å². The second-order valence-corrected chi connectivity index (χ2v) is 5.85. The quantitative estimate of drug-likeness (QED) is 0.907. The summed E-state index contributed by atoms with van der Waals surface area (Å²) in [6.45, 7) is 5.38. The highest BCUT2D eigenvalue weighted by atomic mass is 16.2. The first-order chi connectivity index (χ1) is 9.54. The van der Waals surface area contributed by atoms with E-state index in [1.54, 1.807) is 0 Å². The van der Waals surface area contributed by atoms with Gasteiger partial charge in [0.15, 0.2) is 5.78 Å².